The maximum atomic E-state index is 11.6. The van der Waals surface area contributed by atoms with Crippen molar-refractivity contribution in [2.45, 2.75) is 31.8 Å². The predicted octanol–water partition coefficient (Wildman–Crippen LogP) is -0.204. The summed E-state index contributed by atoms with van der Waals surface area (Å²) in [6.07, 6.45) is 1.63. The molecular formula is C15H19N5O6. The third kappa shape index (κ3) is 4.52. The van der Waals surface area contributed by atoms with E-state index in [-0.39, 0.29) is 23.3 Å². The summed E-state index contributed by atoms with van der Waals surface area (Å²) in [5, 5.41) is 23.2. The molecule has 0 aliphatic rings. The van der Waals surface area contributed by atoms with Crippen molar-refractivity contribution in [1.82, 2.24) is 15.3 Å². The summed E-state index contributed by atoms with van der Waals surface area (Å²) in [6.45, 7) is 0.413. The summed E-state index contributed by atoms with van der Waals surface area (Å²) >= 11 is 0. The number of carboxylic acids is 1. The SMILES string of the molecule is NCCCC[C@H](NCc1cc([N+](=O)[O-])cc2[nH]c(=O)c(=O)[nH]c12)C(=O)O. The Labute approximate surface area is 146 Å². The van der Waals surface area contributed by atoms with Gasteiger partial charge in [0.25, 0.3) is 5.69 Å². The van der Waals surface area contributed by atoms with Crippen LogP contribution in [0.25, 0.3) is 11.0 Å². The number of aromatic amines is 2. The van der Waals surface area contributed by atoms with Crippen LogP contribution >= 0.6 is 0 Å². The molecule has 0 amide bonds. The lowest BCUT2D eigenvalue weighted by Gasteiger charge is -2.15. The highest BCUT2D eigenvalue weighted by molar-refractivity contribution is 5.80. The number of carboxylic acid groups (broad SMARTS) is 1. The second-order valence-electron chi connectivity index (χ2n) is 5.75. The first-order valence-electron chi connectivity index (χ1n) is 7.93. The average molecular weight is 365 g/mol. The van der Waals surface area contributed by atoms with Gasteiger partial charge in [0.2, 0.25) is 0 Å². The number of aromatic nitrogens is 2. The van der Waals surface area contributed by atoms with E-state index in [2.05, 4.69) is 15.3 Å². The molecule has 0 bridgehead atoms. The number of benzene rings is 1. The molecule has 11 nitrogen and oxygen atoms in total. The fourth-order valence-corrected chi connectivity index (χ4v) is 2.56. The van der Waals surface area contributed by atoms with Gasteiger partial charge in [-0.2, -0.15) is 0 Å². The zero-order valence-electron chi connectivity index (χ0n) is 13.8. The minimum absolute atomic E-state index is 0.0419. The summed E-state index contributed by atoms with van der Waals surface area (Å²) in [5.74, 6) is -1.06. The summed E-state index contributed by atoms with van der Waals surface area (Å²) in [6, 6.07) is 1.49. The number of hydrogen-bond acceptors (Lipinski definition) is 7. The molecule has 0 aliphatic carbocycles. The molecule has 0 aliphatic heterocycles. The lowest BCUT2D eigenvalue weighted by molar-refractivity contribution is -0.384. The average Bonchev–Trinajstić information content (AvgIpc) is 2.58. The van der Waals surface area contributed by atoms with E-state index in [1.165, 1.54) is 6.07 Å². The van der Waals surface area contributed by atoms with E-state index >= 15 is 0 Å². The van der Waals surface area contributed by atoms with Crippen LogP contribution in [-0.4, -0.2) is 38.6 Å². The quantitative estimate of drug-likeness (QED) is 0.175. The number of unbranched alkanes of at least 4 members (excludes halogenated alkanes) is 1. The van der Waals surface area contributed by atoms with Crippen LogP contribution in [0.15, 0.2) is 21.7 Å². The summed E-state index contributed by atoms with van der Waals surface area (Å²) in [4.78, 5) is 49.5. The fraction of sp³-hybridized carbons (Fsp3) is 0.400. The van der Waals surface area contributed by atoms with E-state index in [0.29, 0.717) is 31.4 Å². The second-order valence-corrected chi connectivity index (χ2v) is 5.75. The molecule has 0 saturated heterocycles. The van der Waals surface area contributed by atoms with Crippen LogP contribution in [0.4, 0.5) is 5.69 Å². The summed E-state index contributed by atoms with van der Waals surface area (Å²) in [5.41, 5.74) is 3.88. The maximum Gasteiger partial charge on any atom is 0.320 e. The van der Waals surface area contributed by atoms with Crippen LogP contribution in [0.2, 0.25) is 0 Å². The van der Waals surface area contributed by atoms with Gasteiger partial charge in [0, 0.05) is 18.7 Å². The number of nitro groups is 1. The first-order valence-corrected chi connectivity index (χ1v) is 7.93. The summed E-state index contributed by atoms with van der Waals surface area (Å²) < 4.78 is 0. The van der Waals surface area contributed by atoms with E-state index in [1.54, 1.807) is 0 Å². The van der Waals surface area contributed by atoms with Crippen LogP contribution in [-0.2, 0) is 11.3 Å². The number of fused-ring (bicyclic) bond motifs is 1. The molecule has 0 saturated carbocycles. The van der Waals surface area contributed by atoms with Gasteiger partial charge in [-0.05, 0) is 24.9 Å². The Hall–Kier alpha value is -3.05. The highest BCUT2D eigenvalue weighted by Gasteiger charge is 2.19. The van der Waals surface area contributed by atoms with Gasteiger partial charge >= 0.3 is 17.1 Å². The first-order chi connectivity index (χ1) is 12.3. The molecule has 11 heteroatoms. The molecule has 1 atom stereocenters. The molecule has 1 aromatic carbocycles. The smallest absolute Gasteiger partial charge is 0.320 e. The van der Waals surface area contributed by atoms with Gasteiger partial charge in [0.1, 0.15) is 6.04 Å². The number of nitrogens with zero attached hydrogens (tertiary/aromatic N) is 1. The molecule has 6 N–H and O–H groups in total. The lowest BCUT2D eigenvalue weighted by atomic mass is 10.1. The largest absolute Gasteiger partial charge is 0.480 e. The highest BCUT2D eigenvalue weighted by Crippen LogP contribution is 2.21. The third-order valence-electron chi connectivity index (χ3n) is 3.89. The van der Waals surface area contributed by atoms with Crippen molar-refractivity contribution in [3.63, 3.8) is 0 Å². The zero-order valence-corrected chi connectivity index (χ0v) is 13.8. The molecular weight excluding hydrogens is 346 g/mol. The molecule has 0 fully saturated rings. The minimum atomic E-state index is -1.06. The standard InChI is InChI=1S/C15H19N5O6/c16-4-2-1-3-10(15(23)24)17-7-8-5-9(20(25)26)6-11-12(8)19-14(22)13(21)18-11/h5-6,10,17H,1-4,7,16H2,(H,18,21)(H,19,22)(H,23,24)/t10-/m0/s1. The number of hydrogen-bond donors (Lipinski definition) is 5. The number of nitro benzene ring substituents is 1. The van der Waals surface area contributed by atoms with Gasteiger partial charge < -0.3 is 26.1 Å². The second kappa shape index (κ2) is 8.36. The normalized spacial score (nSPS) is 12.2. The number of aliphatic carboxylic acids is 1. The van der Waals surface area contributed by atoms with Crippen molar-refractivity contribution in [1.29, 1.82) is 0 Å². The van der Waals surface area contributed by atoms with Crippen LogP contribution in [0, 0.1) is 10.1 Å². The Morgan fingerprint density at radius 3 is 2.58 bits per heavy atom. The van der Waals surface area contributed by atoms with Gasteiger partial charge in [0.05, 0.1) is 16.0 Å². The van der Waals surface area contributed by atoms with E-state index in [0.717, 1.165) is 6.07 Å². The van der Waals surface area contributed by atoms with Crippen molar-refractivity contribution < 1.29 is 14.8 Å². The lowest BCUT2D eigenvalue weighted by Crippen LogP contribution is -2.36. The Morgan fingerprint density at radius 2 is 1.96 bits per heavy atom. The molecule has 1 heterocycles. The minimum Gasteiger partial charge on any atom is -0.480 e. The monoisotopic (exact) mass is 365 g/mol. The predicted molar refractivity (Wildman–Crippen MR) is 93.0 cm³/mol. The van der Waals surface area contributed by atoms with E-state index < -0.39 is 28.1 Å². The van der Waals surface area contributed by atoms with Crippen LogP contribution in [0.1, 0.15) is 24.8 Å². The van der Waals surface area contributed by atoms with Gasteiger partial charge in [-0.15, -0.1) is 0 Å². The topological polar surface area (TPSA) is 184 Å². The van der Waals surface area contributed by atoms with E-state index in [9.17, 15) is 29.6 Å². The number of nitrogens with one attached hydrogen (secondary N) is 3. The Morgan fingerprint density at radius 1 is 1.27 bits per heavy atom. The van der Waals surface area contributed by atoms with Crippen molar-refractivity contribution in [2.24, 2.45) is 5.73 Å². The Balaban J connectivity index is 2.36. The van der Waals surface area contributed by atoms with Crippen molar-refractivity contribution in [3.8, 4) is 0 Å². The van der Waals surface area contributed by atoms with Crippen molar-refractivity contribution in [3.05, 3.63) is 48.5 Å². The number of H-pyrrole nitrogens is 2. The number of rotatable bonds is 9. The fourth-order valence-electron chi connectivity index (χ4n) is 2.56. The van der Waals surface area contributed by atoms with Crippen molar-refractivity contribution in [2.75, 3.05) is 6.54 Å². The van der Waals surface area contributed by atoms with E-state index in [1.807, 2.05) is 0 Å². The number of carbonyl (C=O) groups is 1. The third-order valence-corrected chi connectivity index (χ3v) is 3.89. The van der Waals surface area contributed by atoms with Gasteiger partial charge in [-0.3, -0.25) is 24.5 Å². The summed E-state index contributed by atoms with van der Waals surface area (Å²) in [7, 11) is 0. The van der Waals surface area contributed by atoms with Crippen LogP contribution < -0.4 is 22.2 Å². The molecule has 26 heavy (non-hydrogen) atoms. The van der Waals surface area contributed by atoms with Crippen LogP contribution in [0.3, 0.4) is 0 Å². The maximum absolute atomic E-state index is 11.6. The molecule has 140 valence electrons. The number of nitrogens with two attached hydrogens (primary N) is 1. The van der Waals surface area contributed by atoms with Crippen LogP contribution in [0.5, 0.6) is 0 Å². The molecule has 2 rings (SSSR count). The van der Waals surface area contributed by atoms with Gasteiger partial charge in [0.15, 0.2) is 0 Å². The Kier molecular flexibility index (Phi) is 6.20. The number of non-ortho nitro benzene ring substituents is 1. The first kappa shape index (κ1) is 19.3. The Bertz CT molecular complexity index is 934. The van der Waals surface area contributed by atoms with Gasteiger partial charge in [-0.25, -0.2) is 0 Å². The molecule has 0 spiro atoms. The molecule has 0 radical (unpaired) electrons. The zero-order chi connectivity index (χ0) is 19.3. The van der Waals surface area contributed by atoms with E-state index in [4.69, 9.17) is 5.73 Å². The molecule has 0 unspecified atom stereocenters. The van der Waals surface area contributed by atoms with Crippen molar-refractivity contribution >= 4 is 22.7 Å². The molecule has 2 aromatic rings. The molecule has 1 aromatic heterocycles. The highest BCUT2D eigenvalue weighted by atomic mass is 16.6. The van der Waals surface area contributed by atoms with Gasteiger partial charge in [-0.1, -0.05) is 6.42 Å².